The summed E-state index contributed by atoms with van der Waals surface area (Å²) in [4.78, 5) is 23.3. The molecule has 0 bridgehead atoms. The molecule has 0 N–H and O–H groups in total. The maximum atomic E-state index is 14.0. The number of hydrogen-bond acceptors (Lipinski definition) is 8. The van der Waals surface area contributed by atoms with Gasteiger partial charge in [-0.3, -0.25) is 0 Å². The highest BCUT2D eigenvalue weighted by Crippen LogP contribution is 2.39. The molecule has 0 unspecified atom stereocenters. The minimum absolute atomic E-state index is 0.0825. The van der Waals surface area contributed by atoms with Gasteiger partial charge in [0.1, 0.15) is 17.3 Å². The molecule has 1 spiro atoms. The molecule has 1 aromatic carbocycles. The zero-order chi connectivity index (χ0) is 26.7. The molecule has 40 heavy (non-hydrogen) atoms. The standard InChI is InChI=1S/C30H27FN8O/c31-21-5-1-4-20(14-21)25-8-3-13-38(25)28-10-9-27-33-15-26(39(27)36-28)24-7-2-6-22(34-24)23-11-12-32-29(35-23)37-16-30(17-37)18-40-19-30/h1-2,4-7,9-12,14-15,25H,3,8,13,16-19H2/t25-/m1/s1. The van der Waals surface area contributed by atoms with Gasteiger partial charge in [-0.15, -0.1) is 5.10 Å². The van der Waals surface area contributed by atoms with Crippen LogP contribution in [0.4, 0.5) is 16.2 Å². The Morgan fingerprint density at radius 3 is 2.60 bits per heavy atom. The lowest BCUT2D eigenvalue weighted by atomic mass is 9.78. The largest absolute Gasteiger partial charge is 0.380 e. The summed E-state index contributed by atoms with van der Waals surface area (Å²) in [6.45, 7) is 4.36. The molecule has 0 saturated carbocycles. The molecule has 0 amide bonds. The highest BCUT2D eigenvalue weighted by Gasteiger charge is 2.49. The average molecular weight is 535 g/mol. The van der Waals surface area contributed by atoms with Crippen LogP contribution < -0.4 is 9.80 Å². The lowest BCUT2D eigenvalue weighted by Gasteiger charge is -2.54. The Balaban J connectivity index is 1.10. The predicted molar refractivity (Wildman–Crippen MR) is 148 cm³/mol. The van der Waals surface area contributed by atoms with Crippen molar-refractivity contribution in [3.63, 3.8) is 0 Å². The molecule has 5 aromatic rings. The summed E-state index contributed by atoms with van der Waals surface area (Å²) in [5.74, 6) is 1.34. The number of ether oxygens (including phenoxy) is 1. The third kappa shape index (κ3) is 3.90. The summed E-state index contributed by atoms with van der Waals surface area (Å²) >= 11 is 0. The van der Waals surface area contributed by atoms with Gasteiger partial charge in [0.15, 0.2) is 5.65 Å². The van der Waals surface area contributed by atoms with Crippen molar-refractivity contribution in [1.82, 2.24) is 29.5 Å². The normalized spacial score (nSPS) is 19.7. The maximum Gasteiger partial charge on any atom is 0.225 e. The van der Waals surface area contributed by atoms with Crippen molar-refractivity contribution in [2.75, 3.05) is 42.6 Å². The van der Waals surface area contributed by atoms with E-state index in [0.29, 0.717) is 5.41 Å². The van der Waals surface area contributed by atoms with E-state index in [-0.39, 0.29) is 11.9 Å². The fourth-order valence-corrected chi connectivity index (χ4v) is 6.13. The lowest BCUT2D eigenvalue weighted by Crippen LogP contribution is -2.66. The number of nitrogens with zero attached hydrogens (tertiary/aromatic N) is 8. The SMILES string of the molecule is Fc1cccc([C@H]2CCCN2c2ccc3ncc(-c4cccc(-c5ccnc(N6CC7(COC7)C6)n5)n4)n3n2)c1. The Bertz CT molecular complexity index is 1730. The van der Waals surface area contributed by atoms with Gasteiger partial charge in [0, 0.05) is 25.8 Å². The van der Waals surface area contributed by atoms with Crippen LogP contribution in [-0.2, 0) is 4.74 Å². The molecule has 1 atom stereocenters. The molecular formula is C30H27FN8O. The number of halogens is 1. The van der Waals surface area contributed by atoms with E-state index in [0.717, 1.165) is 91.4 Å². The van der Waals surface area contributed by atoms with Gasteiger partial charge in [-0.25, -0.2) is 28.8 Å². The van der Waals surface area contributed by atoms with Gasteiger partial charge in [0.25, 0.3) is 0 Å². The van der Waals surface area contributed by atoms with Crippen molar-refractivity contribution >= 4 is 17.4 Å². The molecule has 9 nitrogen and oxygen atoms in total. The lowest BCUT2D eigenvalue weighted by molar-refractivity contribution is -0.127. The summed E-state index contributed by atoms with van der Waals surface area (Å²) in [6, 6.07) is 18.7. The third-order valence-electron chi connectivity index (χ3n) is 8.20. The number of imidazole rings is 1. The number of rotatable bonds is 5. The summed E-state index contributed by atoms with van der Waals surface area (Å²) in [7, 11) is 0. The maximum absolute atomic E-state index is 14.0. The first-order valence-corrected chi connectivity index (χ1v) is 13.6. The first kappa shape index (κ1) is 23.4. The second kappa shape index (κ2) is 9.06. The molecule has 7 heterocycles. The van der Waals surface area contributed by atoms with Crippen LogP contribution in [0.3, 0.4) is 0 Å². The van der Waals surface area contributed by atoms with Crippen LogP contribution in [0.5, 0.6) is 0 Å². The zero-order valence-electron chi connectivity index (χ0n) is 21.8. The van der Waals surface area contributed by atoms with E-state index >= 15 is 0 Å². The van der Waals surface area contributed by atoms with Crippen molar-refractivity contribution in [3.05, 3.63) is 84.4 Å². The number of anilines is 2. The summed E-state index contributed by atoms with van der Waals surface area (Å²) in [5, 5.41) is 4.98. The van der Waals surface area contributed by atoms with Gasteiger partial charge in [0.05, 0.1) is 47.9 Å². The van der Waals surface area contributed by atoms with E-state index in [9.17, 15) is 4.39 Å². The molecule has 3 aliphatic heterocycles. The van der Waals surface area contributed by atoms with Crippen LogP contribution in [-0.4, -0.2) is 62.4 Å². The monoisotopic (exact) mass is 534 g/mol. The number of fused-ring (bicyclic) bond motifs is 1. The minimum Gasteiger partial charge on any atom is -0.380 e. The molecule has 0 aliphatic carbocycles. The Morgan fingerprint density at radius 2 is 1.75 bits per heavy atom. The number of hydrogen-bond donors (Lipinski definition) is 0. The van der Waals surface area contributed by atoms with Crippen LogP contribution in [0.15, 0.2) is 73.1 Å². The van der Waals surface area contributed by atoms with Crippen molar-refractivity contribution < 1.29 is 9.13 Å². The smallest absolute Gasteiger partial charge is 0.225 e. The second-order valence-electron chi connectivity index (χ2n) is 11.0. The van der Waals surface area contributed by atoms with Crippen LogP contribution in [0.2, 0.25) is 0 Å². The van der Waals surface area contributed by atoms with E-state index in [1.807, 2.05) is 47.0 Å². The van der Waals surface area contributed by atoms with Crippen LogP contribution in [0, 0.1) is 11.2 Å². The Labute approximate surface area is 230 Å². The first-order chi connectivity index (χ1) is 19.6. The topological polar surface area (TPSA) is 84.6 Å². The quantitative estimate of drug-likeness (QED) is 0.324. The van der Waals surface area contributed by atoms with E-state index < -0.39 is 0 Å². The molecule has 0 radical (unpaired) electrons. The molecule has 10 heteroatoms. The van der Waals surface area contributed by atoms with Gasteiger partial charge in [-0.1, -0.05) is 18.2 Å². The number of benzene rings is 1. The molecule has 3 fully saturated rings. The highest BCUT2D eigenvalue weighted by molar-refractivity contribution is 5.65. The number of pyridine rings is 1. The van der Waals surface area contributed by atoms with Crippen LogP contribution >= 0.6 is 0 Å². The summed E-state index contributed by atoms with van der Waals surface area (Å²) in [6.07, 6.45) is 5.57. The van der Waals surface area contributed by atoms with E-state index in [1.54, 1.807) is 24.5 Å². The van der Waals surface area contributed by atoms with Gasteiger partial charge < -0.3 is 14.5 Å². The average Bonchev–Trinajstić information content (AvgIpc) is 3.59. The van der Waals surface area contributed by atoms with Crippen molar-refractivity contribution in [3.8, 4) is 22.8 Å². The van der Waals surface area contributed by atoms with Gasteiger partial charge in [0.2, 0.25) is 5.95 Å². The van der Waals surface area contributed by atoms with Crippen molar-refractivity contribution in [1.29, 1.82) is 0 Å². The van der Waals surface area contributed by atoms with Crippen molar-refractivity contribution in [2.45, 2.75) is 18.9 Å². The fraction of sp³-hybridized carbons (Fsp3) is 0.300. The summed E-state index contributed by atoms with van der Waals surface area (Å²) in [5.41, 5.74) is 5.09. The minimum atomic E-state index is -0.215. The second-order valence-corrected chi connectivity index (χ2v) is 11.0. The van der Waals surface area contributed by atoms with E-state index in [1.165, 1.54) is 6.07 Å². The van der Waals surface area contributed by atoms with E-state index in [4.69, 9.17) is 19.8 Å². The molecule has 3 saturated heterocycles. The van der Waals surface area contributed by atoms with Gasteiger partial charge in [-0.05, 0) is 60.9 Å². The molecule has 4 aromatic heterocycles. The third-order valence-corrected chi connectivity index (χ3v) is 8.20. The Hall–Kier alpha value is -4.44. The summed E-state index contributed by atoms with van der Waals surface area (Å²) < 4.78 is 21.2. The fourth-order valence-electron chi connectivity index (χ4n) is 6.13. The Kier molecular flexibility index (Phi) is 5.31. The van der Waals surface area contributed by atoms with Crippen LogP contribution in [0.25, 0.3) is 28.4 Å². The molecule has 200 valence electrons. The van der Waals surface area contributed by atoms with Gasteiger partial charge >= 0.3 is 0 Å². The zero-order valence-corrected chi connectivity index (χ0v) is 21.8. The first-order valence-electron chi connectivity index (χ1n) is 13.6. The van der Waals surface area contributed by atoms with E-state index in [2.05, 4.69) is 19.8 Å². The number of aromatic nitrogens is 6. The molecule has 3 aliphatic rings. The van der Waals surface area contributed by atoms with Crippen LogP contribution in [0.1, 0.15) is 24.4 Å². The Morgan fingerprint density at radius 1 is 0.900 bits per heavy atom. The highest BCUT2D eigenvalue weighted by atomic mass is 19.1. The van der Waals surface area contributed by atoms with Crippen molar-refractivity contribution in [2.24, 2.45) is 5.41 Å². The van der Waals surface area contributed by atoms with Gasteiger partial charge in [-0.2, -0.15) is 0 Å². The predicted octanol–water partition coefficient (Wildman–Crippen LogP) is 4.57. The molecular weight excluding hydrogens is 507 g/mol. The molecule has 8 rings (SSSR count).